The molecule has 2 rings (SSSR count). The summed E-state index contributed by atoms with van der Waals surface area (Å²) in [5, 5.41) is 12.8. The third kappa shape index (κ3) is 3.77. The van der Waals surface area contributed by atoms with E-state index < -0.39 is 11.5 Å². The van der Waals surface area contributed by atoms with Crippen molar-refractivity contribution in [3.63, 3.8) is 0 Å². The number of amides is 1. The van der Waals surface area contributed by atoms with Gasteiger partial charge in [0.25, 0.3) is 5.91 Å². The van der Waals surface area contributed by atoms with Gasteiger partial charge in [-0.15, -0.1) is 0 Å². The van der Waals surface area contributed by atoms with Gasteiger partial charge in [-0.2, -0.15) is 0 Å². The van der Waals surface area contributed by atoms with Crippen LogP contribution < -0.4 is 5.32 Å². The highest BCUT2D eigenvalue weighted by Crippen LogP contribution is 2.29. The molecule has 1 aromatic carbocycles. The Labute approximate surface area is 137 Å². The van der Waals surface area contributed by atoms with Crippen molar-refractivity contribution in [2.45, 2.75) is 44.1 Å². The molecular weight excluding hydrogens is 358 g/mol. The standard InChI is InChI=1S/C15H17BrClNO3/c16-11-9-10(5-6-12(11)17)13(19)18-15(14(20)21)7-3-1-2-4-8-15/h5-6,9H,1-4,7-8H2,(H,18,19)(H,20,21). The molecule has 0 bridgehead atoms. The fourth-order valence-electron chi connectivity index (χ4n) is 2.65. The fourth-order valence-corrected chi connectivity index (χ4v) is 3.15. The van der Waals surface area contributed by atoms with E-state index in [1.54, 1.807) is 18.2 Å². The highest BCUT2D eigenvalue weighted by Gasteiger charge is 2.40. The van der Waals surface area contributed by atoms with E-state index in [9.17, 15) is 14.7 Å². The van der Waals surface area contributed by atoms with Crippen LogP contribution >= 0.6 is 27.5 Å². The molecule has 6 heteroatoms. The number of halogens is 2. The Morgan fingerprint density at radius 1 is 1.19 bits per heavy atom. The summed E-state index contributed by atoms with van der Waals surface area (Å²) >= 11 is 9.17. The van der Waals surface area contributed by atoms with Crippen LogP contribution in [-0.2, 0) is 4.79 Å². The van der Waals surface area contributed by atoms with Gasteiger partial charge in [-0.1, -0.05) is 37.3 Å². The number of hydrogen-bond acceptors (Lipinski definition) is 2. The topological polar surface area (TPSA) is 66.4 Å². The Kier molecular flexibility index (Phi) is 5.27. The van der Waals surface area contributed by atoms with Crippen LogP contribution in [0.3, 0.4) is 0 Å². The normalized spacial score (nSPS) is 17.8. The number of carbonyl (C=O) groups is 2. The number of nitrogens with one attached hydrogen (secondary N) is 1. The lowest BCUT2D eigenvalue weighted by molar-refractivity contribution is -0.145. The quantitative estimate of drug-likeness (QED) is 0.786. The second-order valence-electron chi connectivity index (χ2n) is 5.38. The summed E-state index contributed by atoms with van der Waals surface area (Å²) < 4.78 is 0.613. The molecule has 1 fully saturated rings. The van der Waals surface area contributed by atoms with Crippen molar-refractivity contribution in [2.24, 2.45) is 0 Å². The van der Waals surface area contributed by atoms with Crippen molar-refractivity contribution in [3.8, 4) is 0 Å². The molecular formula is C15H17BrClNO3. The molecule has 0 heterocycles. The lowest BCUT2D eigenvalue weighted by atomic mass is 9.90. The Morgan fingerprint density at radius 3 is 2.33 bits per heavy atom. The SMILES string of the molecule is O=C(NC1(C(=O)O)CCCCCC1)c1ccc(Cl)c(Br)c1. The third-order valence-electron chi connectivity index (χ3n) is 3.90. The lowest BCUT2D eigenvalue weighted by Gasteiger charge is -2.29. The first kappa shape index (κ1) is 16.3. The second-order valence-corrected chi connectivity index (χ2v) is 6.65. The highest BCUT2D eigenvalue weighted by molar-refractivity contribution is 9.10. The minimum absolute atomic E-state index is 0.378. The summed E-state index contributed by atoms with van der Waals surface area (Å²) in [7, 11) is 0. The number of hydrogen-bond donors (Lipinski definition) is 2. The molecule has 1 aromatic rings. The Balaban J connectivity index is 2.21. The maximum Gasteiger partial charge on any atom is 0.329 e. The van der Waals surface area contributed by atoms with E-state index in [1.807, 2.05) is 0 Å². The molecule has 0 aromatic heterocycles. The molecule has 4 nitrogen and oxygen atoms in total. The van der Waals surface area contributed by atoms with Crippen molar-refractivity contribution in [3.05, 3.63) is 33.3 Å². The van der Waals surface area contributed by atoms with Gasteiger partial charge in [-0.05, 0) is 47.0 Å². The Bertz CT molecular complexity index is 554. The summed E-state index contributed by atoms with van der Waals surface area (Å²) in [5.74, 6) is -1.33. The van der Waals surface area contributed by atoms with Gasteiger partial charge in [-0.25, -0.2) is 4.79 Å². The van der Waals surface area contributed by atoms with E-state index in [2.05, 4.69) is 21.2 Å². The summed E-state index contributed by atoms with van der Waals surface area (Å²) in [6, 6.07) is 4.81. The number of carboxylic acids is 1. The number of rotatable bonds is 3. The molecule has 1 saturated carbocycles. The van der Waals surface area contributed by atoms with E-state index in [4.69, 9.17) is 11.6 Å². The minimum atomic E-state index is -1.15. The Morgan fingerprint density at radius 2 is 1.81 bits per heavy atom. The fraction of sp³-hybridized carbons (Fsp3) is 0.467. The average molecular weight is 375 g/mol. The maximum absolute atomic E-state index is 12.4. The van der Waals surface area contributed by atoms with E-state index in [0.717, 1.165) is 25.7 Å². The van der Waals surface area contributed by atoms with Crippen LogP contribution in [-0.4, -0.2) is 22.5 Å². The van der Waals surface area contributed by atoms with Crippen molar-refractivity contribution in [1.29, 1.82) is 0 Å². The second kappa shape index (κ2) is 6.79. The van der Waals surface area contributed by atoms with Gasteiger partial charge in [0.15, 0.2) is 0 Å². The minimum Gasteiger partial charge on any atom is -0.480 e. The van der Waals surface area contributed by atoms with Gasteiger partial charge < -0.3 is 10.4 Å². The molecule has 0 unspecified atom stereocenters. The predicted octanol–water partition coefficient (Wildman–Crippen LogP) is 4.01. The van der Waals surface area contributed by atoms with Gasteiger partial charge in [0.2, 0.25) is 0 Å². The molecule has 0 spiro atoms. The summed E-state index contributed by atoms with van der Waals surface area (Å²) in [6.45, 7) is 0. The van der Waals surface area contributed by atoms with Crippen molar-refractivity contribution in [1.82, 2.24) is 5.32 Å². The first-order valence-electron chi connectivity index (χ1n) is 6.95. The number of aliphatic carboxylic acids is 1. The van der Waals surface area contributed by atoms with Crippen LogP contribution in [0.5, 0.6) is 0 Å². The zero-order valence-corrected chi connectivity index (χ0v) is 13.8. The Hall–Kier alpha value is -1.07. The molecule has 1 aliphatic carbocycles. The number of benzene rings is 1. The van der Waals surface area contributed by atoms with Crippen LogP contribution in [0.4, 0.5) is 0 Å². The van der Waals surface area contributed by atoms with E-state index in [-0.39, 0.29) is 5.91 Å². The maximum atomic E-state index is 12.4. The summed E-state index contributed by atoms with van der Waals surface area (Å²) in [4.78, 5) is 24.0. The molecule has 21 heavy (non-hydrogen) atoms. The van der Waals surface area contributed by atoms with Crippen LogP contribution in [0.15, 0.2) is 22.7 Å². The summed E-state index contributed by atoms with van der Waals surface area (Å²) in [5.41, 5.74) is -0.754. The van der Waals surface area contributed by atoms with Gasteiger partial charge in [-0.3, -0.25) is 4.79 Å². The molecule has 0 saturated heterocycles. The molecule has 114 valence electrons. The van der Waals surface area contributed by atoms with Gasteiger partial charge in [0.1, 0.15) is 5.54 Å². The van der Waals surface area contributed by atoms with Gasteiger partial charge in [0, 0.05) is 10.0 Å². The van der Waals surface area contributed by atoms with Crippen molar-refractivity contribution < 1.29 is 14.7 Å². The monoisotopic (exact) mass is 373 g/mol. The largest absolute Gasteiger partial charge is 0.480 e. The molecule has 0 aliphatic heterocycles. The molecule has 1 amide bonds. The van der Waals surface area contributed by atoms with Crippen molar-refractivity contribution >= 4 is 39.4 Å². The zero-order chi connectivity index (χ0) is 15.5. The molecule has 0 atom stereocenters. The third-order valence-corrected chi connectivity index (χ3v) is 5.12. The molecule has 2 N–H and O–H groups in total. The van der Waals surface area contributed by atoms with Crippen molar-refractivity contribution in [2.75, 3.05) is 0 Å². The van der Waals surface area contributed by atoms with Crippen LogP contribution in [0.25, 0.3) is 0 Å². The molecule has 1 aliphatic rings. The first-order chi connectivity index (χ1) is 9.94. The van der Waals surface area contributed by atoms with E-state index in [0.29, 0.717) is 27.9 Å². The van der Waals surface area contributed by atoms with Crippen LogP contribution in [0.1, 0.15) is 48.9 Å². The van der Waals surface area contributed by atoms with Gasteiger partial charge in [0.05, 0.1) is 5.02 Å². The number of carboxylic acid groups (broad SMARTS) is 1. The highest BCUT2D eigenvalue weighted by atomic mass is 79.9. The van der Waals surface area contributed by atoms with Crippen LogP contribution in [0.2, 0.25) is 5.02 Å². The van der Waals surface area contributed by atoms with E-state index in [1.165, 1.54) is 0 Å². The zero-order valence-electron chi connectivity index (χ0n) is 11.5. The average Bonchev–Trinajstić information content (AvgIpc) is 2.68. The smallest absolute Gasteiger partial charge is 0.329 e. The number of carbonyl (C=O) groups excluding carboxylic acids is 1. The van der Waals surface area contributed by atoms with E-state index >= 15 is 0 Å². The molecule has 0 radical (unpaired) electrons. The first-order valence-corrected chi connectivity index (χ1v) is 8.13. The van der Waals surface area contributed by atoms with Crippen LogP contribution in [0, 0.1) is 0 Å². The predicted molar refractivity (Wildman–Crippen MR) is 84.7 cm³/mol. The summed E-state index contributed by atoms with van der Waals surface area (Å²) in [6.07, 6.45) is 4.61. The van der Waals surface area contributed by atoms with Gasteiger partial charge >= 0.3 is 5.97 Å². The lowest BCUT2D eigenvalue weighted by Crippen LogP contribution is -2.54.